The highest BCUT2D eigenvalue weighted by Gasteiger charge is 2.41. The van der Waals surface area contributed by atoms with Crippen molar-refractivity contribution in [2.24, 2.45) is 5.92 Å². The van der Waals surface area contributed by atoms with Crippen LogP contribution in [0.1, 0.15) is 68.1 Å². The van der Waals surface area contributed by atoms with Crippen molar-refractivity contribution in [2.45, 2.75) is 69.9 Å². The van der Waals surface area contributed by atoms with Gasteiger partial charge < -0.3 is 20.7 Å². The molecular formula is C28H34FN3O3. The molecule has 6 nitrogen and oxygen atoms in total. The zero-order valence-electron chi connectivity index (χ0n) is 20.3. The Morgan fingerprint density at radius 3 is 2.31 bits per heavy atom. The number of allylic oxidation sites excluding steroid dienone is 4. The van der Waals surface area contributed by atoms with E-state index in [2.05, 4.69) is 16.0 Å². The molecule has 1 amide bonds. The molecule has 0 radical (unpaired) electrons. The molecule has 0 saturated heterocycles. The smallest absolute Gasteiger partial charge is 0.334 e. The Balaban J connectivity index is 1.31. The van der Waals surface area contributed by atoms with Crippen LogP contribution in [0.5, 0.6) is 0 Å². The average molecular weight is 480 g/mol. The van der Waals surface area contributed by atoms with Crippen LogP contribution in [0.25, 0.3) is 0 Å². The summed E-state index contributed by atoms with van der Waals surface area (Å²) in [4.78, 5) is 25.3. The van der Waals surface area contributed by atoms with Crippen molar-refractivity contribution in [3.8, 4) is 0 Å². The molecule has 35 heavy (non-hydrogen) atoms. The standard InChI is InChI=1S/C28H34FN3O3/c1-35-28(34)20-13-7-12-19-22(26(19)20)16-30-27(33)21-14-23(29)25(32-18-8-3-2-4-9-18)15-24(21)31-17-10-5-6-11-17/h7,12-15,17-18,26,31-32H,2-6,8-11,16H2,1H3,(H,30,33)/t26-/m1/s1. The van der Waals surface area contributed by atoms with Crippen LogP contribution in [0.15, 0.2) is 47.1 Å². The van der Waals surface area contributed by atoms with Crippen LogP contribution < -0.4 is 16.0 Å². The second-order valence-electron chi connectivity index (χ2n) is 10.1. The number of anilines is 2. The first-order valence-corrected chi connectivity index (χ1v) is 12.9. The van der Waals surface area contributed by atoms with Gasteiger partial charge in [-0.3, -0.25) is 4.79 Å². The van der Waals surface area contributed by atoms with E-state index >= 15 is 4.39 Å². The lowest BCUT2D eigenvalue weighted by Gasteiger charge is -2.25. The van der Waals surface area contributed by atoms with Crippen molar-refractivity contribution in [1.82, 2.24) is 5.32 Å². The minimum Gasteiger partial charge on any atom is -0.466 e. The number of hydrogen-bond acceptors (Lipinski definition) is 5. The van der Waals surface area contributed by atoms with E-state index in [1.807, 2.05) is 12.2 Å². The van der Waals surface area contributed by atoms with E-state index in [-0.39, 0.29) is 23.8 Å². The van der Waals surface area contributed by atoms with E-state index in [4.69, 9.17) is 4.74 Å². The first-order valence-electron chi connectivity index (χ1n) is 12.9. The Hall–Kier alpha value is -3.09. The lowest BCUT2D eigenvalue weighted by molar-refractivity contribution is -0.136. The van der Waals surface area contributed by atoms with Gasteiger partial charge in [0.05, 0.1) is 18.4 Å². The molecular weight excluding hydrogens is 445 g/mol. The molecule has 186 valence electrons. The molecule has 1 atom stereocenters. The van der Waals surface area contributed by atoms with Gasteiger partial charge in [0.25, 0.3) is 5.91 Å². The molecule has 0 heterocycles. The Morgan fingerprint density at radius 1 is 0.971 bits per heavy atom. The van der Waals surface area contributed by atoms with Crippen LogP contribution in [0.4, 0.5) is 15.8 Å². The van der Waals surface area contributed by atoms with Crippen molar-refractivity contribution in [1.29, 1.82) is 0 Å². The maximum absolute atomic E-state index is 15.1. The number of amides is 1. The summed E-state index contributed by atoms with van der Waals surface area (Å²) in [5.41, 5.74) is 4.07. The van der Waals surface area contributed by atoms with Crippen molar-refractivity contribution >= 4 is 23.3 Å². The van der Waals surface area contributed by atoms with Crippen LogP contribution >= 0.6 is 0 Å². The SMILES string of the molecule is COC(=O)C1=CC=CC2=C(CNC(=O)c3cc(F)c(NC4CCCCC4)cc3NC3CCCC3)[C@@H]12. The van der Waals surface area contributed by atoms with Crippen LogP contribution in [0, 0.1) is 11.7 Å². The van der Waals surface area contributed by atoms with Gasteiger partial charge in [-0.1, -0.05) is 50.3 Å². The van der Waals surface area contributed by atoms with Crippen molar-refractivity contribution in [3.05, 3.63) is 58.5 Å². The van der Waals surface area contributed by atoms with Gasteiger partial charge >= 0.3 is 5.97 Å². The van der Waals surface area contributed by atoms with E-state index in [9.17, 15) is 9.59 Å². The van der Waals surface area contributed by atoms with Crippen molar-refractivity contribution in [3.63, 3.8) is 0 Å². The summed E-state index contributed by atoms with van der Waals surface area (Å²) < 4.78 is 20.0. The molecule has 4 aliphatic rings. The predicted molar refractivity (Wildman–Crippen MR) is 135 cm³/mol. The molecule has 0 aromatic heterocycles. The Morgan fingerprint density at radius 2 is 1.63 bits per heavy atom. The fourth-order valence-electron chi connectivity index (χ4n) is 5.72. The molecule has 0 spiro atoms. The first kappa shape index (κ1) is 23.6. The summed E-state index contributed by atoms with van der Waals surface area (Å²) >= 11 is 0. The van der Waals surface area contributed by atoms with E-state index in [1.165, 1.54) is 19.6 Å². The van der Waals surface area contributed by atoms with Gasteiger partial charge in [0.2, 0.25) is 0 Å². The number of fused-ring (bicyclic) bond motifs is 1. The third-order valence-corrected chi connectivity index (χ3v) is 7.70. The van der Waals surface area contributed by atoms with Gasteiger partial charge in [-0.15, -0.1) is 0 Å². The van der Waals surface area contributed by atoms with E-state index < -0.39 is 5.82 Å². The molecule has 0 aliphatic heterocycles. The van der Waals surface area contributed by atoms with Crippen LogP contribution in [0.2, 0.25) is 0 Å². The molecule has 2 fully saturated rings. The molecule has 0 unspecified atom stereocenters. The summed E-state index contributed by atoms with van der Waals surface area (Å²) in [7, 11) is 1.37. The van der Waals surface area contributed by atoms with Gasteiger partial charge in [-0.25, -0.2) is 9.18 Å². The molecule has 7 heteroatoms. The number of carbonyl (C=O) groups is 2. The number of esters is 1. The van der Waals surface area contributed by atoms with Crippen LogP contribution in [0.3, 0.4) is 0 Å². The van der Waals surface area contributed by atoms with Gasteiger partial charge in [-0.2, -0.15) is 0 Å². The second-order valence-corrected chi connectivity index (χ2v) is 10.1. The van der Waals surface area contributed by atoms with E-state index in [1.54, 1.807) is 12.1 Å². The monoisotopic (exact) mass is 479 g/mol. The highest BCUT2D eigenvalue weighted by Crippen LogP contribution is 2.47. The topological polar surface area (TPSA) is 79.5 Å². The Bertz CT molecular complexity index is 1090. The van der Waals surface area contributed by atoms with Gasteiger partial charge in [0.1, 0.15) is 5.82 Å². The normalized spacial score (nSPS) is 21.9. The molecule has 3 N–H and O–H groups in total. The summed E-state index contributed by atoms with van der Waals surface area (Å²) in [5.74, 6) is -1.18. The minimum absolute atomic E-state index is 0.0948. The number of carbonyl (C=O) groups excluding carboxylic acids is 2. The maximum Gasteiger partial charge on any atom is 0.334 e. The first-order chi connectivity index (χ1) is 17.0. The van der Waals surface area contributed by atoms with Crippen molar-refractivity contribution < 1.29 is 18.7 Å². The molecule has 2 saturated carbocycles. The van der Waals surface area contributed by atoms with Crippen molar-refractivity contribution in [2.75, 3.05) is 24.3 Å². The third kappa shape index (κ3) is 5.14. The zero-order chi connectivity index (χ0) is 24.4. The zero-order valence-corrected chi connectivity index (χ0v) is 20.3. The minimum atomic E-state index is -0.404. The number of halogens is 1. The third-order valence-electron chi connectivity index (χ3n) is 7.70. The quantitative estimate of drug-likeness (QED) is 0.444. The Labute approximate surface area is 206 Å². The maximum atomic E-state index is 15.1. The lowest BCUT2D eigenvalue weighted by atomic mass is 9.95. The number of rotatable bonds is 8. The predicted octanol–water partition coefficient (Wildman–Crippen LogP) is 5.25. The van der Waals surface area contributed by atoms with Crippen LogP contribution in [-0.4, -0.2) is 37.6 Å². The molecule has 5 rings (SSSR count). The van der Waals surface area contributed by atoms with E-state index in [0.29, 0.717) is 35.1 Å². The van der Waals surface area contributed by atoms with E-state index in [0.717, 1.165) is 62.5 Å². The summed E-state index contributed by atoms with van der Waals surface area (Å²) in [6.07, 6.45) is 15.6. The lowest BCUT2D eigenvalue weighted by Crippen LogP contribution is -2.28. The number of ether oxygens (including phenoxy) is 1. The van der Waals surface area contributed by atoms with Gasteiger partial charge in [0.15, 0.2) is 0 Å². The largest absolute Gasteiger partial charge is 0.466 e. The molecule has 4 aliphatic carbocycles. The fourth-order valence-corrected chi connectivity index (χ4v) is 5.72. The van der Waals surface area contributed by atoms with Gasteiger partial charge in [0, 0.05) is 35.8 Å². The van der Waals surface area contributed by atoms with Gasteiger partial charge in [-0.05, 0) is 49.0 Å². The molecule has 1 aromatic carbocycles. The number of benzene rings is 1. The summed E-state index contributed by atoms with van der Waals surface area (Å²) in [6, 6.07) is 3.70. The summed E-state index contributed by atoms with van der Waals surface area (Å²) in [6.45, 7) is 0.310. The highest BCUT2D eigenvalue weighted by atomic mass is 19.1. The fraction of sp³-hybridized carbons (Fsp3) is 0.500. The molecule has 0 bridgehead atoms. The second kappa shape index (κ2) is 10.3. The number of nitrogens with one attached hydrogen (secondary N) is 3. The average Bonchev–Trinajstić information content (AvgIpc) is 3.35. The molecule has 1 aromatic rings. The van der Waals surface area contributed by atoms with Crippen LogP contribution in [-0.2, 0) is 9.53 Å². The highest BCUT2D eigenvalue weighted by molar-refractivity contribution is 6.01. The summed E-state index contributed by atoms with van der Waals surface area (Å²) in [5, 5.41) is 9.85. The Kier molecular flexibility index (Phi) is 6.93. The number of hydrogen-bond donors (Lipinski definition) is 3. The number of methoxy groups -OCH3 is 1.